The first-order chi connectivity index (χ1) is 7.59. The fraction of sp³-hybridized carbons (Fsp3) is 1.00. The van der Waals surface area contributed by atoms with E-state index in [4.69, 9.17) is 33.2 Å². The summed E-state index contributed by atoms with van der Waals surface area (Å²) in [6.07, 6.45) is 4.26. The standard InChI is InChI=1S/C6H15P.Au.3N3/c1-4-7(5-2)6-3;;3*1-3-2/h4-6H2,1-3H3;;;;/q;+3;3*-1. The van der Waals surface area contributed by atoms with E-state index in [0.717, 1.165) is 0 Å². The fourth-order valence-electron chi connectivity index (χ4n) is 0.671. The molecule has 0 fully saturated rings. The average molecular weight is 441 g/mol. The molecule has 0 aromatic carbocycles. The van der Waals surface area contributed by atoms with Gasteiger partial charge in [0, 0.05) is 0 Å². The third-order valence-electron chi connectivity index (χ3n) is 1.34. The van der Waals surface area contributed by atoms with Crippen LogP contribution in [0.4, 0.5) is 0 Å². The Balaban J connectivity index is -0.0000000411. The maximum Gasteiger partial charge on any atom is 3.00 e. The van der Waals surface area contributed by atoms with Gasteiger partial charge in [-0.3, -0.25) is 14.7 Å². The zero-order chi connectivity index (χ0) is 13.8. The Morgan fingerprint density at radius 2 is 0.765 bits per heavy atom. The second-order valence-corrected chi connectivity index (χ2v) is 5.13. The number of nitrogens with zero attached hydrogens (tertiary/aromatic N) is 9. The second-order valence-electron chi connectivity index (χ2n) is 1.89. The van der Waals surface area contributed by atoms with Gasteiger partial charge in [0.25, 0.3) is 0 Å². The van der Waals surface area contributed by atoms with Gasteiger partial charge in [-0.05, 0) is 18.5 Å². The van der Waals surface area contributed by atoms with Crippen LogP contribution in [0.5, 0.6) is 0 Å². The summed E-state index contributed by atoms with van der Waals surface area (Å²) in [4.78, 5) is 4.50. The van der Waals surface area contributed by atoms with Crippen molar-refractivity contribution in [1.29, 1.82) is 0 Å². The molecule has 0 atom stereocenters. The molecular formula is C6H15AuN9P. The molecule has 100 valence electrons. The Kier molecular flexibility index (Phi) is 80.2. The van der Waals surface area contributed by atoms with Gasteiger partial charge in [0.1, 0.15) is 0 Å². The molecule has 9 nitrogen and oxygen atoms in total. The summed E-state index contributed by atoms with van der Waals surface area (Å²) in [5.74, 6) is 0. The smallest absolute Gasteiger partial charge is 0.373 e. The molecule has 0 aromatic heterocycles. The van der Waals surface area contributed by atoms with E-state index in [1.54, 1.807) is 0 Å². The molecule has 0 saturated heterocycles. The zero-order valence-electron chi connectivity index (χ0n) is 9.89. The molecule has 0 spiro atoms. The molecule has 0 bridgehead atoms. The van der Waals surface area contributed by atoms with E-state index in [9.17, 15) is 0 Å². The predicted molar refractivity (Wildman–Crippen MR) is 68.8 cm³/mol. The second kappa shape index (κ2) is 45.8. The Labute approximate surface area is 117 Å². The molecule has 0 heterocycles. The minimum atomic E-state index is 0. The molecule has 0 unspecified atom stereocenters. The van der Waals surface area contributed by atoms with Gasteiger partial charge in [0.2, 0.25) is 0 Å². The van der Waals surface area contributed by atoms with Crippen molar-refractivity contribution in [2.24, 2.45) is 0 Å². The summed E-state index contributed by atoms with van der Waals surface area (Å²) >= 11 is 0. The first-order valence-corrected chi connectivity index (χ1v) is 6.17. The van der Waals surface area contributed by atoms with E-state index in [0.29, 0.717) is 7.92 Å². The largest absolute Gasteiger partial charge is 3.00 e. The van der Waals surface area contributed by atoms with Crippen molar-refractivity contribution >= 4 is 7.92 Å². The van der Waals surface area contributed by atoms with E-state index in [1.165, 1.54) is 33.2 Å². The van der Waals surface area contributed by atoms with Crippen molar-refractivity contribution in [3.63, 3.8) is 0 Å². The van der Waals surface area contributed by atoms with E-state index < -0.39 is 0 Å². The summed E-state index contributed by atoms with van der Waals surface area (Å²) in [7, 11) is 0.446. The van der Waals surface area contributed by atoms with Crippen LogP contribution in [-0.4, -0.2) is 18.5 Å². The van der Waals surface area contributed by atoms with Crippen molar-refractivity contribution in [3.05, 3.63) is 47.9 Å². The van der Waals surface area contributed by atoms with Crippen LogP contribution in [0, 0.1) is 0 Å². The third kappa shape index (κ3) is 99.6. The van der Waals surface area contributed by atoms with Crippen LogP contribution in [0.25, 0.3) is 47.9 Å². The Hall–Kier alpha value is -0.900. The number of hydrogen-bond acceptors (Lipinski definition) is 0. The van der Waals surface area contributed by atoms with E-state index in [1.807, 2.05) is 0 Å². The van der Waals surface area contributed by atoms with Gasteiger partial charge in [-0.2, -0.15) is 0 Å². The molecule has 0 rings (SSSR count). The molecule has 0 aromatic rings. The molecule has 0 aliphatic heterocycles. The average Bonchev–Trinajstić information content (AvgIpc) is 2.24. The SMILES string of the molecule is CCP(CC)CC.[Au+3].[N-]=[N+]=[N-].[N-]=[N+]=[N-].[N-]=[N+]=[N-]. The first-order valence-electron chi connectivity index (χ1n) is 4.27. The summed E-state index contributed by atoms with van der Waals surface area (Å²) in [5.41, 5.74) is 40.5. The summed E-state index contributed by atoms with van der Waals surface area (Å²) in [6.45, 7) is 6.87. The maximum atomic E-state index is 6.75. The van der Waals surface area contributed by atoms with E-state index in [2.05, 4.69) is 20.8 Å². The van der Waals surface area contributed by atoms with Gasteiger partial charge < -0.3 is 33.2 Å². The molecular weight excluding hydrogens is 426 g/mol. The van der Waals surface area contributed by atoms with Crippen molar-refractivity contribution in [3.8, 4) is 0 Å². The van der Waals surface area contributed by atoms with Crippen LogP contribution in [0.2, 0.25) is 0 Å². The topological polar surface area (TPSA) is 176 Å². The zero-order valence-corrected chi connectivity index (χ0v) is 13.0. The number of hydrogen-bond donors (Lipinski definition) is 0. The molecule has 0 saturated carbocycles. The molecule has 0 aliphatic rings. The first kappa shape index (κ1) is 29.8. The molecule has 11 heteroatoms. The normalized spacial score (nSPS) is 5.65. The van der Waals surface area contributed by atoms with Gasteiger partial charge in [0.15, 0.2) is 0 Å². The summed E-state index contributed by atoms with van der Waals surface area (Å²) in [5, 5.41) is 0. The Morgan fingerprint density at radius 3 is 0.765 bits per heavy atom. The molecule has 0 amide bonds. The summed E-state index contributed by atoms with van der Waals surface area (Å²) < 4.78 is 0. The van der Waals surface area contributed by atoms with E-state index in [-0.39, 0.29) is 22.4 Å². The van der Waals surface area contributed by atoms with E-state index >= 15 is 0 Å². The Morgan fingerprint density at radius 1 is 0.647 bits per heavy atom. The van der Waals surface area contributed by atoms with Crippen LogP contribution in [0.3, 0.4) is 0 Å². The van der Waals surface area contributed by atoms with Crippen LogP contribution < -0.4 is 0 Å². The molecule has 0 radical (unpaired) electrons. The van der Waals surface area contributed by atoms with Crippen molar-refractivity contribution < 1.29 is 22.4 Å². The van der Waals surface area contributed by atoms with Gasteiger partial charge >= 0.3 is 22.4 Å². The quantitative estimate of drug-likeness (QED) is 0.186. The number of rotatable bonds is 3. The fourth-order valence-corrected chi connectivity index (χ4v) is 2.01. The summed E-state index contributed by atoms with van der Waals surface area (Å²) in [6, 6.07) is 0. The molecule has 0 aliphatic carbocycles. The maximum absolute atomic E-state index is 6.75. The minimum Gasteiger partial charge on any atom is -0.373 e. The minimum absolute atomic E-state index is 0. The molecule has 0 N–H and O–H groups in total. The van der Waals surface area contributed by atoms with Crippen molar-refractivity contribution in [2.45, 2.75) is 20.8 Å². The van der Waals surface area contributed by atoms with Crippen LogP contribution in [0.1, 0.15) is 20.8 Å². The van der Waals surface area contributed by atoms with Crippen LogP contribution in [0.15, 0.2) is 0 Å². The Bertz CT molecular complexity index is 177. The molecule has 17 heavy (non-hydrogen) atoms. The monoisotopic (exact) mass is 441 g/mol. The van der Waals surface area contributed by atoms with Gasteiger partial charge in [0.05, 0.1) is 0 Å². The van der Waals surface area contributed by atoms with Crippen molar-refractivity contribution in [2.75, 3.05) is 18.5 Å². The predicted octanol–water partition coefficient (Wildman–Crippen LogP) is 5.12. The third-order valence-corrected chi connectivity index (χ3v) is 4.02. The van der Waals surface area contributed by atoms with Crippen LogP contribution >= 0.6 is 7.92 Å². The van der Waals surface area contributed by atoms with Gasteiger partial charge in [-0.25, -0.2) is 0 Å². The van der Waals surface area contributed by atoms with Crippen molar-refractivity contribution in [1.82, 2.24) is 0 Å². The van der Waals surface area contributed by atoms with Gasteiger partial charge in [-0.15, -0.1) is 7.92 Å². The van der Waals surface area contributed by atoms with Crippen LogP contribution in [-0.2, 0) is 22.4 Å². The van der Waals surface area contributed by atoms with Gasteiger partial charge in [-0.1, -0.05) is 20.8 Å².